The van der Waals surface area contributed by atoms with E-state index in [1.807, 2.05) is 6.07 Å². The van der Waals surface area contributed by atoms with Crippen molar-refractivity contribution < 1.29 is 37.2 Å². The number of ether oxygens (including phenoxy) is 2. The monoisotopic (exact) mass is 546 g/mol. The number of methoxy groups -OCH3 is 1. The SMILES string of the molecule is COC(O)C[C@@H](O)c1cccc(OCc2ccc(-c3cc(C(F)F)ccc3F)c([C@@H]3CCCC3(C)C)c2)c1F. The van der Waals surface area contributed by atoms with Crippen LogP contribution in [0.3, 0.4) is 0 Å². The Hall–Kier alpha value is -2.94. The van der Waals surface area contributed by atoms with Gasteiger partial charge in [-0.25, -0.2) is 17.6 Å². The van der Waals surface area contributed by atoms with Crippen molar-refractivity contribution in [3.63, 3.8) is 0 Å². The van der Waals surface area contributed by atoms with Gasteiger partial charge in [-0.15, -0.1) is 0 Å². The second-order valence-corrected chi connectivity index (χ2v) is 10.8. The van der Waals surface area contributed by atoms with Crippen molar-refractivity contribution in [1.82, 2.24) is 0 Å². The molecule has 1 aliphatic carbocycles. The average molecular weight is 547 g/mol. The molecule has 3 aromatic carbocycles. The highest BCUT2D eigenvalue weighted by molar-refractivity contribution is 5.70. The molecule has 0 saturated heterocycles. The summed E-state index contributed by atoms with van der Waals surface area (Å²) in [6.07, 6.45) is -2.61. The van der Waals surface area contributed by atoms with Crippen molar-refractivity contribution in [2.24, 2.45) is 5.41 Å². The Balaban J connectivity index is 1.66. The summed E-state index contributed by atoms with van der Waals surface area (Å²) in [6, 6.07) is 13.1. The molecule has 3 aromatic rings. The molecule has 0 aromatic heterocycles. The summed E-state index contributed by atoms with van der Waals surface area (Å²) in [5.41, 5.74) is 1.90. The molecule has 4 rings (SSSR count). The van der Waals surface area contributed by atoms with Crippen LogP contribution < -0.4 is 4.74 Å². The molecule has 0 radical (unpaired) electrons. The number of aliphatic hydroxyl groups excluding tert-OH is 2. The van der Waals surface area contributed by atoms with Gasteiger partial charge in [0.2, 0.25) is 0 Å². The first-order valence-electron chi connectivity index (χ1n) is 13.0. The molecule has 0 amide bonds. The minimum absolute atomic E-state index is 0.00283. The van der Waals surface area contributed by atoms with E-state index in [0.717, 1.165) is 37.0 Å². The van der Waals surface area contributed by atoms with E-state index in [1.54, 1.807) is 18.2 Å². The smallest absolute Gasteiger partial charge is 0.263 e. The first-order chi connectivity index (χ1) is 18.5. The minimum Gasteiger partial charge on any atom is -0.486 e. The van der Waals surface area contributed by atoms with Gasteiger partial charge in [0.25, 0.3) is 6.43 Å². The Bertz CT molecular complexity index is 1290. The van der Waals surface area contributed by atoms with Gasteiger partial charge in [-0.1, -0.05) is 56.7 Å². The molecule has 0 aliphatic heterocycles. The number of rotatable bonds is 10. The Labute approximate surface area is 226 Å². The summed E-state index contributed by atoms with van der Waals surface area (Å²) in [7, 11) is 1.28. The fraction of sp³-hybridized carbons (Fsp3) is 0.419. The Morgan fingerprint density at radius 2 is 1.77 bits per heavy atom. The predicted molar refractivity (Wildman–Crippen MR) is 140 cm³/mol. The normalized spacial score (nSPS) is 18.4. The van der Waals surface area contributed by atoms with Gasteiger partial charge in [-0.3, -0.25) is 0 Å². The molecular weight excluding hydrogens is 512 g/mol. The molecule has 1 saturated carbocycles. The van der Waals surface area contributed by atoms with E-state index in [9.17, 15) is 23.4 Å². The third-order valence-electron chi connectivity index (χ3n) is 7.72. The fourth-order valence-electron chi connectivity index (χ4n) is 5.50. The molecule has 8 heteroatoms. The van der Waals surface area contributed by atoms with Crippen LogP contribution >= 0.6 is 0 Å². The first-order valence-corrected chi connectivity index (χ1v) is 13.0. The van der Waals surface area contributed by atoms with Gasteiger partial charge >= 0.3 is 0 Å². The summed E-state index contributed by atoms with van der Waals surface area (Å²) in [4.78, 5) is 0. The molecule has 0 spiro atoms. The number of hydrogen-bond acceptors (Lipinski definition) is 4. The van der Waals surface area contributed by atoms with Crippen molar-refractivity contribution in [3.05, 3.63) is 88.5 Å². The lowest BCUT2D eigenvalue weighted by atomic mass is 9.75. The molecule has 3 atom stereocenters. The van der Waals surface area contributed by atoms with Gasteiger partial charge in [0, 0.05) is 30.2 Å². The molecule has 0 heterocycles. The maximum absolute atomic E-state index is 15.1. The average Bonchev–Trinajstić information content (AvgIpc) is 3.26. The Morgan fingerprint density at radius 1 is 1.00 bits per heavy atom. The quantitative estimate of drug-likeness (QED) is 0.201. The predicted octanol–water partition coefficient (Wildman–Crippen LogP) is 7.83. The molecule has 210 valence electrons. The third kappa shape index (κ3) is 6.45. The van der Waals surface area contributed by atoms with Crippen LogP contribution in [-0.4, -0.2) is 23.6 Å². The van der Waals surface area contributed by atoms with Crippen molar-refractivity contribution in [2.75, 3.05) is 7.11 Å². The van der Waals surface area contributed by atoms with Gasteiger partial charge in [0.1, 0.15) is 12.4 Å². The molecule has 1 fully saturated rings. The minimum atomic E-state index is -2.72. The number of halogens is 4. The van der Waals surface area contributed by atoms with E-state index in [2.05, 4.69) is 13.8 Å². The topological polar surface area (TPSA) is 58.9 Å². The molecule has 1 aliphatic rings. The van der Waals surface area contributed by atoms with Crippen LogP contribution in [0, 0.1) is 17.0 Å². The number of aliphatic hydroxyl groups is 2. The number of hydrogen-bond donors (Lipinski definition) is 2. The highest BCUT2D eigenvalue weighted by Gasteiger charge is 2.37. The van der Waals surface area contributed by atoms with E-state index in [1.165, 1.54) is 25.3 Å². The lowest BCUT2D eigenvalue weighted by Gasteiger charge is -2.30. The van der Waals surface area contributed by atoms with Gasteiger partial charge in [0.15, 0.2) is 17.9 Å². The molecule has 4 nitrogen and oxygen atoms in total. The van der Waals surface area contributed by atoms with Gasteiger partial charge in [0.05, 0.1) is 6.10 Å². The Kier molecular flexibility index (Phi) is 8.99. The van der Waals surface area contributed by atoms with Crippen LogP contribution in [0.4, 0.5) is 17.6 Å². The highest BCUT2D eigenvalue weighted by atomic mass is 19.3. The zero-order valence-electron chi connectivity index (χ0n) is 22.3. The van der Waals surface area contributed by atoms with Crippen LogP contribution in [0.2, 0.25) is 0 Å². The maximum atomic E-state index is 15.1. The largest absolute Gasteiger partial charge is 0.486 e. The second kappa shape index (κ2) is 12.1. The van der Waals surface area contributed by atoms with E-state index in [-0.39, 0.29) is 46.8 Å². The van der Waals surface area contributed by atoms with E-state index in [4.69, 9.17) is 9.47 Å². The van der Waals surface area contributed by atoms with Crippen LogP contribution in [0.5, 0.6) is 5.75 Å². The summed E-state index contributed by atoms with van der Waals surface area (Å²) in [6.45, 7) is 4.30. The van der Waals surface area contributed by atoms with E-state index < -0.39 is 30.5 Å². The zero-order chi connectivity index (χ0) is 28.3. The van der Waals surface area contributed by atoms with Gasteiger partial charge < -0.3 is 19.7 Å². The number of alkyl halides is 2. The van der Waals surface area contributed by atoms with Crippen LogP contribution in [0.25, 0.3) is 11.1 Å². The summed E-state index contributed by atoms with van der Waals surface area (Å²) in [5, 5.41) is 19.9. The zero-order valence-corrected chi connectivity index (χ0v) is 22.3. The standard InChI is InChI=1S/C31H34F4O4/c1-31(2)13-5-7-24(31)22-14-18(9-11-20(22)23-15-19(30(34)35)10-12-25(23)32)17-39-27-8-4-6-21(29(27)33)26(36)16-28(37)38-3/h4,6,8-12,14-15,24,26,28,30,36-37H,5,7,13,16-17H2,1-3H3/t24-,26+,28?/m0/s1. The van der Waals surface area contributed by atoms with Crippen molar-refractivity contribution in [3.8, 4) is 16.9 Å². The second-order valence-electron chi connectivity index (χ2n) is 10.8. The van der Waals surface area contributed by atoms with Crippen molar-refractivity contribution >= 4 is 0 Å². The summed E-state index contributed by atoms with van der Waals surface area (Å²) >= 11 is 0. The maximum Gasteiger partial charge on any atom is 0.263 e. The summed E-state index contributed by atoms with van der Waals surface area (Å²) < 4.78 is 67.5. The van der Waals surface area contributed by atoms with Gasteiger partial charge in [-0.2, -0.15) is 0 Å². The third-order valence-corrected chi connectivity index (χ3v) is 7.72. The van der Waals surface area contributed by atoms with E-state index in [0.29, 0.717) is 11.1 Å². The molecule has 1 unspecified atom stereocenters. The molecule has 39 heavy (non-hydrogen) atoms. The molecule has 2 N–H and O–H groups in total. The fourth-order valence-corrected chi connectivity index (χ4v) is 5.50. The van der Waals surface area contributed by atoms with Crippen LogP contribution in [-0.2, 0) is 11.3 Å². The van der Waals surface area contributed by atoms with Crippen LogP contribution in [0.1, 0.15) is 80.2 Å². The van der Waals surface area contributed by atoms with Crippen LogP contribution in [0.15, 0.2) is 54.6 Å². The van der Waals surface area contributed by atoms with Crippen molar-refractivity contribution in [1.29, 1.82) is 0 Å². The Morgan fingerprint density at radius 3 is 2.44 bits per heavy atom. The van der Waals surface area contributed by atoms with E-state index >= 15 is 4.39 Å². The van der Waals surface area contributed by atoms with Crippen molar-refractivity contribution in [2.45, 2.75) is 70.9 Å². The summed E-state index contributed by atoms with van der Waals surface area (Å²) in [5.74, 6) is -1.31. The molecular formula is C31H34F4O4. The lowest BCUT2D eigenvalue weighted by Crippen LogP contribution is -2.17. The molecule has 0 bridgehead atoms. The number of benzene rings is 3. The van der Waals surface area contributed by atoms with Gasteiger partial charge in [-0.05, 0) is 59.1 Å². The highest BCUT2D eigenvalue weighted by Crippen LogP contribution is 2.51. The first kappa shape index (κ1) is 29.1. The lowest BCUT2D eigenvalue weighted by molar-refractivity contribution is -0.0986.